The number of imide groups is 1. The van der Waals surface area contributed by atoms with E-state index in [-0.39, 0.29) is 30.2 Å². The van der Waals surface area contributed by atoms with E-state index in [4.69, 9.17) is 9.57 Å². The number of carbonyl (C=O) groups excluding carboxylic acids is 4. The summed E-state index contributed by atoms with van der Waals surface area (Å²) in [5, 5.41) is 3.25. The topological polar surface area (TPSA) is 102 Å². The molecule has 0 spiro atoms. The highest BCUT2D eigenvalue weighted by atomic mass is 16.7. The first-order chi connectivity index (χ1) is 19.5. The van der Waals surface area contributed by atoms with E-state index < -0.39 is 29.8 Å². The van der Waals surface area contributed by atoms with Gasteiger partial charge in [0, 0.05) is 12.5 Å². The van der Waals surface area contributed by atoms with Crippen molar-refractivity contribution < 1.29 is 28.8 Å². The van der Waals surface area contributed by atoms with Gasteiger partial charge in [-0.1, -0.05) is 91.4 Å². The molecule has 0 bridgehead atoms. The normalized spacial score (nSPS) is 16.9. The molecule has 3 aromatic rings. The molecule has 2 aliphatic carbocycles. The van der Waals surface area contributed by atoms with Crippen LogP contribution >= 0.6 is 0 Å². The molecular formula is C32H30N2O6. The maximum absolute atomic E-state index is 13.2. The fourth-order valence-electron chi connectivity index (χ4n) is 6.18. The Balaban J connectivity index is 1.09. The van der Waals surface area contributed by atoms with Crippen LogP contribution in [-0.4, -0.2) is 42.1 Å². The quantitative estimate of drug-likeness (QED) is 0.381. The molecule has 6 rings (SSSR count). The van der Waals surface area contributed by atoms with E-state index in [0.717, 1.165) is 47.9 Å². The van der Waals surface area contributed by atoms with Crippen LogP contribution in [0.5, 0.6) is 0 Å². The van der Waals surface area contributed by atoms with Gasteiger partial charge in [0.15, 0.2) is 0 Å². The number of amides is 3. The van der Waals surface area contributed by atoms with Crippen molar-refractivity contribution in [3.8, 4) is 11.1 Å². The van der Waals surface area contributed by atoms with Crippen molar-refractivity contribution in [2.75, 3.05) is 13.2 Å². The molecule has 3 aromatic carbocycles. The van der Waals surface area contributed by atoms with E-state index in [0.29, 0.717) is 17.4 Å². The number of ether oxygens (including phenoxy) is 1. The third kappa shape index (κ3) is 4.85. The highest BCUT2D eigenvalue weighted by molar-refractivity contribution is 6.20. The lowest BCUT2D eigenvalue weighted by molar-refractivity contribution is -0.174. The summed E-state index contributed by atoms with van der Waals surface area (Å²) in [6.45, 7) is 0.141. The van der Waals surface area contributed by atoms with Gasteiger partial charge in [0.25, 0.3) is 11.8 Å². The standard InChI is InChI=1S/C32H30N2O6/c35-29-26-15-7-8-16-27(26)30(36)34(29)40-31(37)21(17-20-9-1-2-10-20)18-33-32(38)39-19-28-24-13-5-3-11-22(24)23-12-4-6-14-25(23)28/h3-8,11-16,20-21,28H,1-2,9-10,17-19H2,(H,33,38). The van der Waals surface area contributed by atoms with Gasteiger partial charge in [-0.3, -0.25) is 9.59 Å². The van der Waals surface area contributed by atoms with Crippen LogP contribution in [-0.2, 0) is 14.4 Å². The summed E-state index contributed by atoms with van der Waals surface area (Å²) < 4.78 is 5.63. The number of hydrogen-bond donors (Lipinski definition) is 1. The lowest BCUT2D eigenvalue weighted by Gasteiger charge is -2.22. The average molecular weight is 539 g/mol. The predicted molar refractivity (Wildman–Crippen MR) is 146 cm³/mol. The smallest absolute Gasteiger partial charge is 0.407 e. The molecular weight excluding hydrogens is 508 g/mol. The zero-order valence-corrected chi connectivity index (χ0v) is 22.0. The molecule has 1 N–H and O–H groups in total. The van der Waals surface area contributed by atoms with E-state index in [2.05, 4.69) is 17.4 Å². The molecule has 1 saturated carbocycles. The van der Waals surface area contributed by atoms with Crippen LogP contribution in [0.15, 0.2) is 72.8 Å². The molecule has 1 heterocycles. The molecule has 1 unspecified atom stereocenters. The van der Waals surface area contributed by atoms with Gasteiger partial charge in [-0.25, -0.2) is 9.59 Å². The number of carbonyl (C=O) groups is 4. The number of hydrogen-bond acceptors (Lipinski definition) is 6. The molecule has 8 heteroatoms. The van der Waals surface area contributed by atoms with Crippen LogP contribution < -0.4 is 5.32 Å². The number of hydroxylamine groups is 2. The first-order valence-electron chi connectivity index (χ1n) is 13.8. The SMILES string of the molecule is O=C(NCC(CC1CCCC1)C(=O)ON1C(=O)c2ccccc2C1=O)OCC1c2ccccc2-c2ccccc21. The summed E-state index contributed by atoms with van der Waals surface area (Å²) >= 11 is 0. The zero-order chi connectivity index (χ0) is 27.6. The molecule has 40 heavy (non-hydrogen) atoms. The second-order valence-electron chi connectivity index (χ2n) is 10.7. The number of fused-ring (bicyclic) bond motifs is 4. The lowest BCUT2D eigenvalue weighted by Crippen LogP contribution is -2.40. The molecule has 3 aliphatic rings. The molecule has 0 aromatic heterocycles. The fourth-order valence-corrected chi connectivity index (χ4v) is 6.18. The van der Waals surface area contributed by atoms with Gasteiger partial charge >= 0.3 is 12.1 Å². The molecule has 0 radical (unpaired) electrons. The Labute approximate surface area is 232 Å². The van der Waals surface area contributed by atoms with E-state index in [1.54, 1.807) is 12.1 Å². The Hall–Kier alpha value is -4.46. The second kappa shape index (κ2) is 11.0. The van der Waals surface area contributed by atoms with E-state index in [1.165, 1.54) is 12.1 Å². The summed E-state index contributed by atoms with van der Waals surface area (Å²) in [5.74, 6) is -2.56. The van der Waals surface area contributed by atoms with Gasteiger partial charge in [-0.05, 0) is 46.7 Å². The van der Waals surface area contributed by atoms with Crippen LogP contribution in [0.2, 0.25) is 0 Å². The van der Waals surface area contributed by atoms with E-state index in [1.807, 2.05) is 36.4 Å². The fraction of sp³-hybridized carbons (Fsp3) is 0.312. The van der Waals surface area contributed by atoms with Crippen molar-refractivity contribution in [3.63, 3.8) is 0 Å². The van der Waals surface area contributed by atoms with Gasteiger partial charge in [0.05, 0.1) is 17.0 Å². The molecule has 0 saturated heterocycles. The highest BCUT2D eigenvalue weighted by Crippen LogP contribution is 2.44. The Morgan fingerprint density at radius 1 is 0.800 bits per heavy atom. The van der Waals surface area contributed by atoms with E-state index in [9.17, 15) is 19.2 Å². The maximum atomic E-state index is 13.2. The highest BCUT2D eigenvalue weighted by Gasteiger charge is 2.40. The summed E-state index contributed by atoms with van der Waals surface area (Å²) in [4.78, 5) is 56.8. The van der Waals surface area contributed by atoms with Gasteiger partial charge in [0.1, 0.15) is 6.61 Å². The van der Waals surface area contributed by atoms with Crippen LogP contribution in [0.4, 0.5) is 4.79 Å². The van der Waals surface area contributed by atoms with Crippen molar-refractivity contribution in [3.05, 3.63) is 95.1 Å². The number of nitrogens with zero attached hydrogens (tertiary/aromatic N) is 1. The largest absolute Gasteiger partial charge is 0.449 e. The Bertz CT molecular complexity index is 1400. The summed E-state index contributed by atoms with van der Waals surface area (Å²) in [6, 6.07) is 22.5. The number of nitrogens with one attached hydrogen (secondary N) is 1. The predicted octanol–water partition coefficient (Wildman–Crippen LogP) is 5.48. The minimum atomic E-state index is -0.729. The van der Waals surface area contributed by atoms with Crippen molar-refractivity contribution in [1.29, 1.82) is 0 Å². The minimum absolute atomic E-state index is 0.0187. The Morgan fingerprint density at radius 3 is 1.90 bits per heavy atom. The van der Waals surface area contributed by atoms with Crippen LogP contribution in [0.3, 0.4) is 0 Å². The zero-order valence-electron chi connectivity index (χ0n) is 22.0. The van der Waals surface area contributed by atoms with Gasteiger partial charge < -0.3 is 14.9 Å². The molecule has 1 aliphatic heterocycles. The molecule has 3 amide bonds. The van der Waals surface area contributed by atoms with Crippen LogP contribution in [0, 0.1) is 11.8 Å². The van der Waals surface area contributed by atoms with Crippen molar-refractivity contribution in [2.24, 2.45) is 11.8 Å². The molecule has 1 fully saturated rings. The first-order valence-corrected chi connectivity index (χ1v) is 13.8. The maximum Gasteiger partial charge on any atom is 0.407 e. The molecule has 204 valence electrons. The third-order valence-electron chi connectivity index (χ3n) is 8.20. The number of benzene rings is 3. The van der Waals surface area contributed by atoms with Gasteiger partial charge in [0.2, 0.25) is 0 Å². The van der Waals surface area contributed by atoms with Crippen LogP contribution in [0.25, 0.3) is 11.1 Å². The summed E-state index contributed by atoms with van der Waals surface area (Å²) in [6.07, 6.45) is 4.01. The second-order valence-corrected chi connectivity index (χ2v) is 10.7. The summed E-state index contributed by atoms with van der Waals surface area (Å²) in [7, 11) is 0. The van der Waals surface area contributed by atoms with Crippen molar-refractivity contribution >= 4 is 23.9 Å². The Kier molecular flexibility index (Phi) is 7.07. The average Bonchev–Trinajstić information content (AvgIpc) is 3.67. The first kappa shape index (κ1) is 25.8. The van der Waals surface area contributed by atoms with E-state index >= 15 is 0 Å². The minimum Gasteiger partial charge on any atom is -0.449 e. The number of alkyl carbamates (subject to hydrolysis) is 1. The van der Waals surface area contributed by atoms with Gasteiger partial charge in [-0.15, -0.1) is 0 Å². The van der Waals surface area contributed by atoms with Crippen molar-refractivity contribution in [1.82, 2.24) is 10.4 Å². The molecule has 1 atom stereocenters. The van der Waals surface area contributed by atoms with Crippen LogP contribution in [0.1, 0.15) is 69.9 Å². The number of rotatable bonds is 8. The Morgan fingerprint density at radius 2 is 1.32 bits per heavy atom. The summed E-state index contributed by atoms with van der Waals surface area (Å²) in [5.41, 5.74) is 4.90. The monoisotopic (exact) mass is 538 g/mol. The van der Waals surface area contributed by atoms with Crippen molar-refractivity contribution in [2.45, 2.75) is 38.0 Å². The molecule has 8 nitrogen and oxygen atoms in total. The third-order valence-corrected chi connectivity index (χ3v) is 8.20. The van der Waals surface area contributed by atoms with Gasteiger partial charge in [-0.2, -0.15) is 0 Å². The lowest BCUT2D eigenvalue weighted by atomic mass is 9.93.